The van der Waals surface area contributed by atoms with Gasteiger partial charge in [0.15, 0.2) is 9.84 Å². The maximum absolute atomic E-state index is 11.4. The lowest BCUT2D eigenvalue weighted by Crippen LogP contribution is -2.01. The first-order chi connectivity index (χ1) is 8.82. The zero-order valence-corrected chi connectivity index (χ0v) is 11.7. The molecule has 0 spiro atoms. The van der Waals surface area contributed by atoms with E-state index in [-0.39, 0.29) is 4.90 Å². The number of aryl methyl sites for hydroxylation is 1. The summed E-state index contributed by atoms with van der Waals surface area (Å²) in [6.07, 6.45) is 3.93. The molecule has 0 bridgehead atoms. The van der Waals surface area contributed by atoms with Crippen LogP contribution in [0.15, 0.2) is 29.4 Å². The predicted octanol–water partition coefficient (Wildman–Crippen LogP) is 1.18. The van der Waals surface area contributed by atoms with E-state index in [9.17, 15) is 8.42 Å². The third-order valence-corrected chi connectivity index (χ3v) is 3.85. The molecule has 0 saturated heterocycles. The summed E-state index contributed by atoms with van der Waals surface area (Å²) in [5.74, 6) is 0.525. The zero-order chi connectivity index (χ0) is 14.2. The molecule has 1 aromatic carbocycles. The Labute approximate surface area is 111 Å². The molecule has 0 fully saturated rings. The average molecular weight is 281 g/mol. The van der Waals surface area contributed by atoms with Crippen LogP contribution in [-0.2, 0) is 9.84 Å². The molecule has 0 radical (unpaired) electrons. The predicted molar refractivity (Wildman–Crippen MR) is 72.4 cm³/mol. The van der Waals surface area contributed by atoms with Crippen LogP contribution in [0.3, 0.4) is 0 Å². The minimum Gasteiger partial charge on any atom is -0.495 e. The lowest BCUT2D eigenvalue weighted by atomic mass is 10.1. The van der Waals surface area contributed by atoms with Crippen LogP contribution in [0.1, 0.15) is 5.56 Å². The molecule has 0 saturated carbocycles. The number of hydrogen-bond acceptors (Lipinski definition) is 5. The van der Waals surface area contributed by atoms with Crippen molar-refractivity contribution in [2.75, 3.05) is 19.1 Å². The smallest absolute Gasteiger partial charge is 0.178 e. The van der Waals surface area contributed by atoms with E-state index in [4.69, 9.17) is 10.5 Å². The van der Waals surface area contributed by atoms with E-state index in [2.05, 4.69) is 5.10 Å². The van der Waals surface area contributed by atoms with E-state index in [0.717, 1.165) is 17.5 Å². The minimum atomic E-state index is -3.27. The first kappa shape index (κ1) is 13.4. The van der Waals surface area contributed by atoms with Crippen LogP contribution in [-0.4, -0.2) is 31.6 Å². The summed E-state index contributed by atoms with van der Waals surface area (Å²) in [4.78, 5) is 0.169. The number of sulfone groups is 1. The molecule has 19 heavy (non-hydrogen) atoms. The molecule has 0 aliphatic rings. The van der Waals surface area contributed by atoms with Crippen LogP contribution in [0.5, 0.6) is 5.75 Å². The normalized spacial score (nSPS) is 11.5. The average Bonchev–Trinajstić information content (AvgIpc) is 2.78. The molecular formula is C12H15N3O3S. The second-order valence-corrected chi connectivity index (χ2v) is 6.29. The first-order valence-electron chi connectivity index (χ1n) is 5.52. The Balaban J connectivity index is 2.56. The van der Waals surface area contributed by atoms with Gasteiger partial charge >= 0.3 is 0 Å². The second-order valence-electron chi connectivity index (χ2n) is 4.27. The number of ether oxygens (including phenoxy) is 1. The Morgan fingerprint density at radius 3 is 2.58 bits per heavy atom. The number of anilines is 1. The molecule has 1 aromatic heterocycles. The van der Waals surface area contributed by atoms with E-state index in [1.165, 1.54) is 24.2 Å². The molecular weight excluding hydrogens is 266 g/mol. The van der Waals surface area contributed by atoms with E-state index in [1.54, 1.807) is 12.1 Å². The monoisotopic (exact) mass is 281 g/mol. The van der Waals surface area contributed by atoms with Gasteiger partial charge in [-0.1, -0.05) is 0 Å². The number of aromatic nitrogens is 2. The summed E-state index contributed by atoms with van der Waals surface area (Å²) in [5, 5.41) is 4.06. The zero-order valence-electron chi connectivity index (χ0n) is 10.9. The van der Waals surface area contributed by atoms with Gasteiger partial charge in [-0.3, -0.25) is 0 Å². The van der Waals surface area contributed by atoms with Crippen molar-refractivity contribution in [2.45, 2.75) is 11.8 Å². The van der Waals surface area contributed by atoms with Gasteiger partial charge in [0.2, 0.25) is 0 Å². The van der Waals surface area contributed by atoms with Gasteiger partial charge in [0.25, 0.3) is 0 Å². The van der Waals surface area contributed by atoms with Gasteiger partial charge in [-0.15, -0.1) is 0 Å². The summed E-state index contributed by atoms with van der Waals surface area (Å²) >= 11 is 0. The molecule has 2 N–H and O–H groups in total. The fraction of sp³-hybridized carbons (Fsp3) is 0.250. The molecule has 6 nitrogen and oxygen atoms in total. The van der Waals surface area contributed by atoms with E-state index in [0.29, 0.717) is 11.4 Å². The van der Waals surface area contributed by atoms with Crippen molar-refractivity contribution in [1.29, 1.82) is 0 Å². The number of rotatable bonds is 3. The summed E-state index contributed by atoms with van der Waals surface area (Å²) in [6.45, 7) is 1.87. The van der Waals surface area contributed by atoms with Crippen LogP contribution in [0.4, 0.5) is 5.69 Å². The van der Waals surface area contributed by atoms with Gasteiger partial charge in [-0.25, -0.2) is 13.1 Å². The highest BCUT2D eigenvalue weighted by Gasteiger charge is 2.13. The second kappa shape index (κ2) is 4.58. The molecule has 0 aliphatic heterocycles. The van der Waals surface area contributed by atoms with Crippen LogP contribution >= 0.6 is 0 Å². The third-order valence-electron chi connectivity index (χ3n) is 2.78. The van der Waals surface area contributed by atoms with Crippen molar-refractivity contribution in [3.8, 4) is 11.4 Å². The van der Waals surface area contributed by atoms with E-state index >= 15 is 0 Å². The fourth-order valence-corrected chi connectivity index (χ4v) is 2.28. The van der Waals surface area contributed by atoms with Crippen molar-refractivity contribution in [1.82, 2.24) is 9.78 Å². The number of nitrogen functional groups attached to an aromatic ring is 1. The highest BCUT2D eigenvalue weighted by Crippen LogP contribution is 2.27. The molecule has 1 heterocycles. The minimum absolute atomic E-state index is 0.169. The number of methoxy groups -OCH3 is 1. The Morgan fingerprint density at radius 2 is 2.05 bits per heavy atom. The Hall–Kier alpha value is -2.02. The lowest BCUT2D eigenvalue weighted by Gasteiger charge is -2.10. The number of nitrogens with zero attached hydrogens (tertiary/aromatic N) is 2. The van der Waals surface area contributed by atoms with Gasteiger partial charge in [-0.05, 0) is 18.6 Å². The van der Waals surface area contributed by atoms with Crippen molar-refractivity contribution in [3.63, 3.8) is 0 Å². The van der Waals surface area contributed by atoms with Gasteiger partial charge < -0.3 is 10.5 Å². The summed E-state index contributed by atoms with van der Waals surface area (Å²) < 4.78 is 29.5. The SMILES string of the molecule is COc1cc(-n2cc(S(C)(=O)=O)cn2)c(C)cc1N. The maximum atomic E-state index is 11.4. The van der Waals surface area contributed by atoms with Crippen molar-refractivity contribution < 1.29 is 13.2 Å². The lowest BCUT2D eigenvalue weighted by molar-refractivity contribution is 0.416. The maximum Gasteiger partial charge on any atom is 0.178 e. The van der Waals surface area contributed by atoms with Crippen LogP contribution in [0, 0.1) is 6.92 Å². The van der Waals surface area contributed by atoms with Crippen LogP contribution < -0.4 is 10.5 Å². The van der Waals surface area contributed by atoms with E-state index < -0.39 is 9.84 Å². The Bertz CT molecular complexity index is 720. The van der Waals surface area contributed by atoms with Gasteiger partial charge in [0.1, 0.15) is 10.6 Å². The first-order valence-corrected chi connectivity index (χ1v) is 7.41. The van der Waals surface area contributed by atoms with Gasteiger partial charge in [0, 0.05) is 18.5 Å². The number of benzene rings is 1. The van der Waals surface area contributed by atoms with E-state index in [1.807, 2.05) is 6.92 Å². The van der Waals surface area contributed by atoms with Gasteiger partial charge in [0.05, 0.1) is 24.7 Å². The van der Waals surface area contributed by atoms with Crippen molar-refractivity contribution >= 4 is 15.5 Å². The van der Waals surface area contributed by atoms with Gasteiger partial charge in [-0.2, -0.15) is 5.10 Å². The number of nitrogens with two attached hydrogens (primary N) is 1. The summed E-state index contributed by atoms with van der Waals surface area (Å²) in [5.41, 5.74) is 7.93. The molecule has 0 aliphatic carbocycles. The van der Waals surface area contributed by atoms with Crippen LogP contribution in [0.25, 0.3) is 5.69 Å². The quantitative estimate of drug-likeness (QED) is 0.853. The molecule has 0 amide bonds. The topological polar surface area (TPSA) is 87.2 Å². The Morgan fingerprint density at radius 1 is 1.37 bits per heavy atom. The molecule has 2 rings (SSSR count). The van der Waals surface area contributed by atoms with Crippen molar-refractivity contribution in [3.05, 3.63) is 30.1 Å². The standard InChI is InChI=1S/C12H15N3O3S/c1-8-4-10(13)12(18-2)5-11(8)15-7-9(6-14-15)19(3,16)17/h4-7H,13H2,1-3H3. The summed E-state index contributed by atoms with van der Waals surface area (Å²) in [7, 11) is -1.74. The van der Waals surface area contributed by atoms with Crippen molar-refractivity contribution in [2.24, 2.45) is 0 Å². The number of hydrogen-bond donors (Lipinski definition) is 1. The fourth-order valence-electron chi connectivity index (χ4n) is 1.75. The highest BCUT2D eigenvalue weighted by atomic mass is 32.2. The molecule has 0 unspecified atom stereocenters. The molecule has 2 aromatic rings. The molecule has 102 valence electrons. The van der Waals surface area contributed by atoms with Crippen LogP contribution in [0.2, 0.25) is 0 Å². The largest absolute Gasteiger partial charge is 0.495 e. The third kappa shape index (κ3) is 2.55. The molecule has 0 atom stereocenters. The molecule has 7 heteroatoms. The highest BCUT2D eigenvalue weighted by molar-refractivity contribution is 7.90. The summed E-state index contributed by atoms with van der Waals surface area (Å²) in [6, 6.07) is 3.49. The Kier molecular flexibility index (Phi) is 3.23.